The quantitative estimate of drug-likeness (QED) is 0.108. The van der Waals surface area contributed by atoms with Crippen LogP contribution in [-0.2, 0) is 19.5 Å². The number of para-hydroxylation sites is 2. The van der Waals surface area contributed by atoms with Gasteiger partial charge in [-0.15, -0.1) is 0 Å². The first-order valence-corrected chi connectivity index (χ1v) is 18.6. The molecule has 1 aliphatic rings. The Kier molecular flexibility index (Phi) is 16.4. The first-order valence-electron chi connectivity index (χ1n) is 17.2. The van der Waals surface area contributed by atoms with Gasteiger partial charge >= 0.3 is 134 Å². The summed E-state index contributed by atoms with van der Waals surface area (Å²) in [5, 5.41) is 0. The molecule has 1 fully saturated rings. The molecule has 0 N–H and O–H groups in total. The second-order valence-electron chi connectivity index (χ2n) is 14.3. The number of nitrogens with zero attached hydrogens (tertiary/aromatic N) is 2. The fraction of sp³-hybridized carbons (Fsp3) is 0.409. The van der Waals surface area contributed by atoms with E-state index in [2.05, 4.69) is 180 Å². The van der Waals surface area contributed by atoms with Gasteiger partial charge in [0, 0.05) is 12.4 Å². The number of benzene rings is 3. The fourth-order valence-electron chi connectivity index (χ4n) is 6.30. The van der Waals surface area contributed by atoms with E-state index >= 15 is 0 Å². The van der Waals surface area contributed by atoms with Gasteiger partial charge in [-0.05, 0) is 79.5 Å². The number of hydrogen-bond donors (Lipinski definition) is 0. The van der Waals surface area contributed by atoms with Crippen LogP contribution in [-0.4, -0.2) is 27.1 Å². The Morgan fingerprint density at radius 3 is 1.31 bits per heavy atom. The van der Waals surface area contributed by atoms with Crippen LogP contribution in [0.15, 0.2) is 60.9 Å². The summed E-state index contributed by atoms with van der Waals surface area (Å²) in [6.07, 6.45) is 7.58. The Morgan fingerprint density at radius 2 is 0.958 bits per heavy atom. The van der Waals surface area contributed by atoms with Crippen LogP contribution in [0.5, 0.6) is 0 Å². The summed E-state index contributed by atoms with van der Waals surface area (Å²) in [6.45, 7) is 33.3. The van der Waals surface area contributed by atoms with Crippen LogP contribution in [0.1, 0.15) is 133 Å². The molecule has 2 nitrogen and oxygen atoms in total. The fourth-order valence-corrected chi connectivity index (χ4v) is 8.36. The number of hydrogen-bond acceptors (Lipinski definition) is 0. The molecule has 0 bridgehead atoms. The standard InChI is InChI=1S/C19H20N2.C15H23.C10H15.Ru.Sn.2H/c1-14-7-5-8-15(2)18(14)20-11-12-21(13-20)19-16(3)9-6-10-17(19)4;1-10(2)13-7-14(11(3)4)9-15(8-13)12(5)6;1-6-7(2)9(4)10(5)8(6)3;;;;/h5-12H,1-4H3;7-8,10-12H,1-6H3;1-5H3;;;;. The molecular weight excluding hydrogens is 776 g/mol. The van der Waals surface area contributed by atoms with E-state index in [1.165, 1.54) is 68.8 Å². The molecule has 258 valence electrons. The minimum atomic E-state index is 0. The third-order valence-corrected chi connectivity index (χ3v) is 11.5. The summed E-state index contributed by atoms with van der Waals surface area (Å²) in [5.74, 6) is 9.26. The van der Waals surface area contributed by atoms with Gasteiger partial charge in [-0.1, -0.05) is 71.0 Å². The van der Waals surface area contributed by atoms with Crippen molar-refractivity contribution in [3.63, 3.8) is 0 Å². The van der Waals surface area contributed by atoms with E-state index in [-0.39, 0.29) is 19.5 Å². The second-order valence-corrected chi connectivity index (χ2v) is 15.7. The Labute approximate surface area is 321 Å². The van der Waals surface area contributed by atoms with Gasteiger partial charge in [0.05, 0.1) is 11.4 Å². The third-order valence-electron chi connectivity index (χ3n) is 9.89. The zero-order valence-corrected chi connectivity index (χ0v) is 37.2. The molecule has 0 saturated heterocycles. The van der Waals surface area contributed by atoms with Crippen molar-refractivity contribution in [2.24, 2.45) is 0 Å². The molecule has 0 unspecified atom stereocenters. The van der Waals surface area contributed by atoms with Gasteiger partial charge in [-0.3, -0.25) is 9.13 Å². The molecule has 1 aromatic heterocycles. The molecule has 0 atom stereocenters. The summed E-state index contributed by atoms with van der Waals surface area (Å²) in [6, 6.07) is 17.6. The Hall–Kier alpha value is -1.71. The Morgan fingerprint density at radius 1 is 0.583 bits per heavy atom. The Bertz CT molecular complexity index is 1430. The molecule has 4 aromatic rings. The minimum absolute atomic E-state index is 0. The average Bonchev–Trinajstić information content (AvgIpc) is 3.53. The number of rotatable bonds is 5. The zero-order chi connectivity index (χ0) is 35.3. The normalized spacial score (nSPS) is 14.6. The van der Waals surface area contributed by atoms with E-state index in [1.54, 1.807) is 37.2 Å². The van der Waals surface area contributed by atoms with Crippen LogP contribution < -0.4 is 8.15 Å². The van der Waals surface area contributed by atoms with Crippen molar-refractivity contribution in [2.45, 2.75) is 122 Å². The van der Waals surface area contributed by atoms with E-state index in [9.17, 15) is 0 Å². The van der Waals surface area contributed by atoms with Crippen molar-refractivity contribution < 1.29 is 24.0 Å². The van der Waals surface area contributed by atoms with E-state index in [4.69, 9.17) is 0 Å². The molecular formula is C44H60N2RuSn. The molecule has 8 radical (unpaired) electrons. The monoisotopic (exact) mass is 838 g/mol. The molecule has 3 aromatic carbocycles. The molecule has 1 aliphatic carbocycles. The second kappa shape index (κ2) is 18.5. The van der Waals surface area contributed by atoms with Crippen LogP contribution in [0.2, 0.25) is 0 Å². The molecule has 0 spiro atoms. The molecule has 0 aliphatic heterocycles. The number of imidazole rings is 1. The van der Waals surface area contributed by atoms with Crippen LogP contribution in [0.3, 0.4) is 0 Å². The Balaban J connectivity index is 0.000000264. The SMILES string of the molecule is CC(C)c1cc(C(C)C)[c]([Sn])c(C(C)C)c1.C[C]1[C](C)[C](C)[C](C)[C]1C.Cc1cccc(C)c1-n1[c-][n+](-c2c(C)cccc2C)cc1.[RuH2]. The topological polar surface area (TPSA) is 8.81 Å². The van der Waals surface area contributed by atoms with Gasteiger partial charge in [-0.2, -0.15) is 0 Å². The van der Waals surface area contributed by atoms with Gasteiger partial charge < -0.3 is 0 Å². The van der Waals surface area contributed by atoms with Crippen molar-refractivity contribution in [3.05, 3.63) is 136 Å². The number of aromatic nitrogens is 2. The molecule has 1 saturated carbocycles. The van der Waals surface area contributed by atoms with E-state index in [1.807, 2.05) is 0 Å². The van der Waals surface area contributed by atoms with Crippen molar-refractivity contribution >= 4 is 26.1 Å². The van der Waals surface area contributed by atoms with Crippen LogP contribution in [0, 0.1) is 63.6 Å². The predicted molar refractivity (Wildman–Crippen MR) is 207 cm³/mol. The number of aryl methyl sites for hydroxylation is 4. The van der Waals surface area contributed by atoms with E-state index < -0.39 is 0 Å². The summed E-state index contributed by atoms with van der Waals surface area (Å²) in [5.41, 5.74) is 12.1. The summed E-state index contributed by atoms with van der Waals surface area (Å²) in [4.78, 5) is 0. The predicted octanol–water partition coefficient (Wildman–Crippen LogP) is 10.1. The van der Waals surface area contributed by atoms with Gasteiger partial charge in [0.1, 0.15) is 0 Å². The van der Waals surface area contributed by atoms with Crippen molar-refractivity contribution in [1.29, 1.82) is 0 Å². The van der Waals surface area contributed by atoms with Crippen LogP contribution in [0.4, 0.5) is 0 Å². The molecule has 48 heavy (non-hydrogen) atoms. The first kappa shape index (κ1) is 42.5. The van der Waals surface area contributed by atoms with E-state index in [0.717, 1.165) is 0 Å². The zero-order valence-electron chi connectivity index (χ0n) is 32.3. The summed E-state index contributed by atoms with van der Waals surface area (Å²) >= 11 is 1.56. The van der Waals surface area contributed by atoms with Crippen molar-refractivity contribution in [1.82, 2.24) is 4.57 Å². The maximum atomic E-state index is 3.44. The van der Waals surface area contributed by atoms with Gasteiger partial charge in [0.2, 0.25) is 0 Å². The van der Waals surface area contributed by atoms with Gasteiger partial charge in [-0.25, -0.2) is 0 Å². The van der Waals surface area contributed by atoms with Crippen molar-refractivity contribution in [3.8, 4) is 11.4 Å². The summed E-state index contributed by atoms with van der Waals surface area (Å²) in [7, 11) is 0. The molecule has 4 heteroatoms. The molecule has 5 rings (SSSR count). The van der Waals surface area contributed by atoms with Crippen LogP contribution >= 0.6 is 0 Å². The average molecular weight is 837 g/mol. The first-order chi connectivity index (χ1) is 22.0. The van der Waals surface area contributed by atoms with Crippen LogP contribution in [0.25, 0.3) is 11.4 Å². The van der Waals surface area contributed by atoms with Crippen molar-refractivity contribution in [2.75, 3.05) is 0 Å². The maximum absolute atomic E-state index is 3.44. The molecule has 1 heterocycles. The van der Waals surface area contributed by atoms with E-state index in [0.29, 0.717) is 17.8 Å². The van der Waals surface area contributed by atoms with Gasteiger partial charge in [0.25, 0.3) is 6.33 Å². The molecule has 0 amide bonds. The third kappa shape index (κ3) is 9.96. The summed E-state index contributed by atoms with van der Waals surface area (Å²) < 4.78 is 5.74. The van der Waals surface area contributed by atoms with Gasteiger partial charge in [0.15, 0.2) is 0 Å².